The van der Waals surface area contributed by atoms with Gasteiger partial charge in [0.05, 0.1) is 112 Å². The topological polar surface area (TPSA) is 126 Å². The zero-order valence-electron chi connectivity index (χ0n) is 23.1. The predicted molar refractivity (Wildman–Crippen MR) is 134 cm³/mol. The first-order valence-electron chi connectivity index (χ1n) is 12.8. The SMILES string of the molecule is CC(=O)OCCOCCOCCOCCOCCOCCOCCOCCOCCC(=O)OC(C)(C)C. The van der Waals surface area contributed by atoms with Crippen LogP contribution in [-0.2, 0) is 57.0 Å². The highest BCUT2D eigenvalue weighted by molar-refractivity contribution is 5.69. The summed E-state index contributed by atoms with van der Waals surface area (Å²) in [5, 5.41) is 0. The highest BCUT2D eigenvalue weighted by Crippen LogP contribution is 2.08. The first-order valence-corrected chi connectivity index (χ1v) is 12.8. The van der Waals surface area contributed by atoms with Crippen LogP contribution in [0.15, 0.2) is 0 Å². The maximum atomic E-state index is 11.5. The van der Waals surface area contributed by atoms with E-state index in [0.717, 1.165) is 0 Å². The molecule has 0 aliphatic rings. The molecule has 0 N–H and O–H groups in total. The number of carbonyl (C=O) groups is 2. The summed E-state index contributed by atoms with van der Waals surface area (Å²) in [5.41, 5.74) is -0.472. The van der Waals surface area contributed by atoms with E-state index in [2.05, 4.69) is 0 Å². The minimum absolute atomic E-state index is 0.231. The van der Waals surface area contributed by atoms with E-state index >= 15 is 0 Å². The summed E-state index contributed by atoms with van der Waals surface area (Å²) in [6, 6.07) is 0. The molecular formula is C25H48O12. The van der Waals surface area contributed by atoms with Gasteiger partial charge < -0.3 is 47.4 Å². The standard InChI is InChI=1S/C25H48O12/c1-23(26)36-22-21-35-20-19-34-18-17-33-16-15-32-14-13-31-12-11-30-10-9-29-8-7-28-6-5-24(27)37-25(2,3)4/h5-22H2,1-4H3. The molecule has 0 bridgehead atoms. The van der Waals surface area contributed by atoms with Crippen molar-refractivity contribution in [2.24, 2.45) is 0 Å². The van der Waals surface area contributed by atoms with Gasteiger partial charge in [-0.15, -0.1) is 0 Å². The number of ether oxygens (including phenoxy) is 10. The molecule has 0 aliphatic carbocycles. The molecule has 0 aromatic rings. The molecule has 0 spiro atoms. The lowest BCUT2D eigenvalue weighted by atomic mass is 10.2. The summed E-state index contributed by atoms with van der Waals surface area (Å²) in [5.74, 6) is -0.580. The first kappa shape index (κ1) is 35.6. The van der Waals surface area contributed by atoms with Crippen molar-refractivity contribution >= 4 is 11.9 Å². The molecule has 0 saturated carbocycles. The Morgan fingerprint density at radius 1 is 0.459 bits per heavy atom. The summed E-state index contributed by atoms with van der Waals surface area (Å²) in [4.78, 5) is 22.1. The van der Waals surface area contributed by atoms with Gasteiger partial charge in [0.15, 0.2) is 0 Å². The quantitative estimate of drug-likeness (QED) is 0.110. The van der Waals surface area contributed by atoms with Gasteiger partial charge in [-0.05, 0) is 20.8 Å². The molecule has 220 valence electrons. The average molecular weight is 541 g/mol. The first-order chi connectivity index (χ1) is 17.8. The molecule has 0 atom stereocenters. The van der Waals surface area contributed by atoms with Crippen molar-refractivity contribution < 1.29 is 57.0 Å². The smallest absolute Gasteiger partial charge is 0.308 e. The molecule has 0 aromatic heterocycles. The molecule has 0 amide bonds. The van der Waals surface area contributed by atoms with Crippen LogP contribution >= 0.6 is 0 Å². The number of esters is 2. The van der Waals surface area contributed by atoms with E-state index in [9.17, 15) is 9.59 Å². The second kappa shape index (κ2) is 26.2. The lowest BCUT2D eigenvalue weighted by molar-refractivity contribution is -0.156. The predicted octanol–water partition coefficient (Wildman–Crippen LogP) is 1.41. The van der Waals surface area contributed by atoms with E-state index in [1.165, 1.54) is 6.92 Å². The maximum Gasteiger partial charge on any atom is 0.308 e. The van der Waals surface area contributed by atoms with Gasteiger partial charge in [-0.1, -0.05) is 0 Å². The number of hydrogen-bond donors (Lipinski definition) is 0. The fraction of sp³-hybridized carbons (Fsp3) is 0.920. The molecule has 0 heterocycles. The van der Waals surface area contributed by atoms with Gasteiger partial charge in [0.2, 0.25) is 0 Å². The molecule has 0 aromatic carbocycles. The van der Waals surface area contributed by atoms with E-state index in [4.69, 9.17) is 47.4 Å². The van der Waals surface area contributed by atoms with E-state index < -0.39 is 5.60 Å². The maximum absolute atomic E-state index is 11.5. The van der Waals surface area contributed by atoms with Crippen molar-refractivity contribution in [3.05, 3.63) is 0 Å². The average Bonchev–Trinajstić information content (AvgIpc) is 2.82. The molecule has 37 heavy (non-hydrogen) atoms. The third-order valence-corrected chi connectivity index (χ3v) is 4.01. The van der Waals surface area contributed by atoms with Gasteiger partial charge in [0, 0.05) is 6.92 Å². The summed E-state index contributed by atoms with van der Waals surface area (Å²) >= 11 is 0. The van der Waals surface area contributed by atoms with Gasteiger partial charge >= 0.3 is 11.9 Å². The molecule has 0 aliphatic heterocycles. The van der Waals surface area contributed by atoms with Crippen LogP contribution < -0.4 is 0 Å². The normalized spacial score (nSPS) is 11.6. The summed E-state index contributed by atoms with van der Waals surface area (Å²) in [7, 11) is 0. The lowest BCUT2D eigenvalue weighted by Crippen LogP contribution is -2.24. The molecular weight excluding hydrogens is 492 g/mol. The van der Waals surface area contributed by atoms with Gasteiger partial charge in [0.25, 0.3) is 0 Å². The Balaban J connectivity index is 3.11. The van der Waals surface area contributed by atoms with Crippen LogP contribution in [0.1, 0.15) is 34.1 Å². The fourth-order valence-corrected chi connectivity index (χ4v) is 2.43. The van der Waals surface area contributed by atoms with Crippen molar-refractivity contribution in [1.29, 1.82) is 0 Å². The number of rotatable bonds is 27. The van der Waals surface area contributed by atoms with Crippen LogP contribution in [0.5, 0.6) is 0 Å². The van der Waals surface area contributed by atoms with E-state index in [-0.39, 0.29) is 25.0 Å². The van der Waals surface area contributed by atoms with Crippen molar-refractivity contribution in [3.8, 4) is 0 Å². The van der Waals surface area contributed by atoms with Gasteiger partial charge in [-0.3, -0.25) is 9.59 Å². The largest absolute Gasteiger partial charge is 0.463 e. The number of hydrogen-bond acceptors (Lipinski definition) is 12. The minimum atomic E-state index is -0.472. The van der Waals surface area contributed by atoms with Gasteiger partial charge in [0.1, 0.15) is 12.2 Å². The Morgan fingerprint density at radius 3 is 1.00 bits per heavy atom. The minimum Gasteiger partial charge on any atom is -0.463 e. The summed E-state index contributed by atoms with van der Waals surface area (Å²) in [6.07, 6.45) is 0.231. The van der Waals surface area contributed by atoms with Crippen molar-refractivity contribution in [3.63, 3.8) is 0 Å². The monoisotopic (exact) mass is 540 g/mol. The Bertz CT molecular complexity index is 524. The Kier molecular flexibility index (Phi) is 25.3. The zero-order valence-corrected chi connectivity index (χ0v) is 23.1. The fourth-order valence-electron chi connectivity index (χ4n) is 2.43. The van der Waals surface area contributed by atoms with Gasteiger partial charge in [-0.2, -0.15) is 0 Å². The molecule has 0 rings (SSSR count). The van der Waals surface area contributed by atoms with Gasteiger partial charge in [-0.25, -0.2) is 0 Å². The highest BCUT2D eigenvalue weighted by Gasteiger charge is 2.15. The van der Waals surface area contributed by atoms with Crippen molar-refractivity contribution in [2.45, 2.75) is 39.7 Å². The van der Waals surface area contributed by atoms with Crippen molar-refractivity contribution in [1.82, 2.24) is 0 Å². The lowest BCUT2D eigenvalue weighted by Gasteiger charge is -2.19. The Hall–Kier alpha value is -1.38. The van der Waals surface area contributed by atoms with Crippen LogP contribution in [0.25, 0.3) is 0 Å². The zero-order chi connectivity index (χ0) is 27.5. The van der Waals surface area contributed by atoms with Crippen LogP contribution in [0, 0.1) is 0 Å². The van der Waals surface area contributed by atoms with Crippen LogP contribution in [0.4, 0.5) is 0 Å². The third-order valence-electron chi connectivity index (χ3n) is 4.01. The summed E-state index contributed by atoms with van der Waals surface area (Å²) < 4.78 is 52.9. The van der Waals surface area contributed by atoms with E-state index in [1.807, 2.05) is 20.8 Å². The van der Waals surface area contributed by atoms with Crippen LogP contribution in [-0.4, -0.2) is 130 Å². The molecule has 0 fully saturated rings. The molecule has 0 radical (unpaired) electrons. The van der Waals surface area contributed by atoms with Crippen molar-refractivity contribution in [2.75, 3.05) is 112 Å². The molecule has 12 heteroatoms. The summed E-state index contributed by atoms with van der Waals surface area (Å²) in [6.45, 7) is 14.4. The Morgan fingerprint density at radius 2 is 0.730 bits per heavy atom. The molecule has 0 unspecified atom stereocenters. The molecule has 12 nitrogen and oxygen atoms in total. The second-order valence-corrected chi connectivity index (χ2v) is 8.58. The Labute approximate surface area is 221 Å². The second-order valence-electron chi connectivity index (χ2n) is 8.58. The third kappa shape index (κ3) is 32.6. The number of carbonyl (C=O) groups excluding carboxylic acids is 2. The highest BCUT2D eigenvalue weighted by atomic mass is 16.6. The van der Waals surface area contributed by atoms with Crippen LogP contribution in [0.3, 0.4) is 0 Å². The van der Waals surface area contributed by atoms with E-state index in [0.29, 0.717) is 106 Å². The van der Waals surface area contributed by atoms with E-state index in [1.54, 1.807) is 0 Å². The molecule has 0 saturated heterocycles. The van der Waals surface area contributed by atoms with Crippen LogP contribution in [0.2, 0.25) is 0 Å².